The van der Waals surface area contributed by atoms with E-state index in [1.807, 2.05) is 0 Å². The van der Waals surface area contributed by atoms with Crippen molar-refractivity contribution in [2.75, 3.05) is 13.1 Å². The Balaban J connectivity index is 1.65. The number of carbonyl (C=O) groups is 4. The number of imide groups is 1. The molecule has 0 bridgehead atoms. The summed E-state index contributed by atoms with van der Waals surface area (Å²) >= 11 is 0. The van der Waals surface area contributed by atoms with Gasteiger partial charge in [-0.15, -0.1) is 0 Å². The first-order valence-electron chi connectivity index (χ1n) is 8.99. The fraction of sp³-hybridized carbons (Fsp3) is 0.444. The average molecular weight is 407 g/mol. The van der Waals surface area contributed by atoms with E-state index in [9.17, 15) is 27.6 Å². The van der Waals surface area contributed by atoms with E-state index in [0.717, 1.165) is 4.31 Å². The molecule has 1 aromatic rings. The molecule has 0 atom stereocenters. The molecule has 4 amide bonds. The van der Waals surface area contributed by atoms with Crippen molar-refractivity contribution in [3.63, 3.8) is 0 Å². The zero-order valence-electron chi connectivity index (χ0n) is 15.6. The second-order valence-electron chi connectivity index (χ2n) is 6.96. The summed E-state index contributed by atoms with van der Waals surface area (Å²) in [5.74, 6) is -1.51. The molecule has 1 fully saturated rings. The van der Waals surface area contributed by atoms with Crippen molar-refractivity contribution in [1.29, 1.82) is 0 Å². The maximum atomic E-state index is 12.6. The Bertz CT molecular complexity index is 954. The van der Waals surface area contributed by atoms with Crippen LogP contribution in [-0.4, -0.2) is 60.4 Å². The summed E-state index contributed by atoms with van der Waals surface area (Å²) in [5, 5.41) is 2.63. The Kier molecular flexibility index (Phi) is 5.24. The Morgan fingerprint density at radius 1 is 1.14 bits per heavy atom. The fourth-order valence-electron chi connectivity index (χ4n) is 3.31. The van der Waals surface area contributed by atoms with Gasteiger partial charge in [0, 0.05) is 37.5 Å². The lowest BCUT2D eigenvalue weighted by molar-refractivity contribution is -0.138. The Labute approximate surface area is 162 Å². The molecule has 1 saturated heterocycles. The summed E-state index contributed by atoms with van der Waals surface area (Å²) < 4.78 is 26.0. The van der Waals surface area contributed by atoms with Crippen LogP contribution >= 0.6 is 0 Å². The predicted molar refractivity (Wildman–Crippen MR) is 97.8 cm³/mol. The second kappa shape index (κ2) is 7.34. The van der Waals surface area contributed by atoms with E-state index in [2.05, 4.69) is 5.32 Å². The monoisotopic (exact) mass is 407 g/mol. The van der Waals surface area contributed by atoms with Crippen molar-refractivity contribution < 1.29 is 27.6 Å². The van der Waals surface area contributed by atoms with E-state index < -0.39 is 27.9 Å². The first-order chi connectivity index (χ1) is 13.1. The minimum Gasteiger partial charge on any atom is -0.352 e. The van der Waals surface area contributed by atoms with Gasteiger partial charge in [0.25, 0.3) is 21.8 Å². The molecule has 0 spiro atoms. The molecule has 0 aromatic heterocycles. The van der Waals surface area contributed by atoms with Gasteiger partial charge in [-0.25, -0.2) is 12.7 Å². The van der Waals surface area contributed by atoms with Crippen LogP contribution in [0.4, 0.5) is 0 Å². The minimum atomic E-state index is -3.98. The van der Waals surface area contributed by atoms with Crippen molar-refractivity contribution in [2.24, 2.45) is 0 Å². The zero-order valence-corrected chi connectivity index (χ0v) is 16.4. The number of fused-ring (bicyclic) bond motifs is 1. The van der Waals surface area contributed by atoms with E-state index in [-0.39, 0.29) is 53.8 Å². The third-order valence-electron chi connectivity index (χ3n) is 4.68. The van der Waals surface area contributed by atoms with Gasteiger partial charge in [-0.2, -0.15) is 0 Å². The third-order valence-corrected chi connectivity index (χ3v) is 6.68. The van der Waals surface area contributed by atoms with E-state index >= 15 is 0 Å². The molecule has 1 aromatic carbocycles. The van der Waals surface area contributed by atoms with Crippen LogP contribution in [-0.2, 0) is 19.6 Å². The van der Waals surface area contributed by atoms with Gasteiger partial charge in [0.1, 0.15) is 4.90 Å². The van der Waals surface area contributed by atoms with Gasteiger partial charge in [-0.1, -0.05) is 0 Å². The van der Waals surface area contributed by atoms with Crippen molar-refractivity contribution in [3.8, 4) is 0 Å². The summed E-state index contributed by atoms with van der Waals surface area (Å²) in [5.41, 5.74) is 0.172. The Morgan fingerprint density at radius 2 is 1.79 bits per heavy atom. The van der Waals surface area contributed by atoms with Crippen molar-refractivity contribution in [3.05, 3.63) is 29.3 Å². The summed E-state index contributed by atoms with van der Waals surface area (Å²) in [6, 6.07) is 3.42. The van der Waals surface area contributed by atoms with E-state index in [1.165, 1.54) is 23.1 Å². The smallest absolute Gasteiger partial charge is 0.269 e. The SMILES string of the molecule is CC(C)N1C(=O)c2ccc(C(=O)NCCCN3C(=O)CCC3=O)cc2S1(=O)=O. The van der Waals surface area contributed by atoms with Gasteiger partial charge >= 0.3 is 0 Å². The fourth-order valence-corrected chi connectivity index (χ4v) is 5.11. The molecule has 2 aliphatic heterocycles. The van der Waals surface area contributed by atoms with Crippen molar-refractivity contribution >= 4 is 33.7 Å². The second-order valence-corrected chi connectivity index (χ2v) is 8.74. The Morgan fingerprint density at radius 3 is 2.39 bits per heavy atom. The van der Waals surface area contributed by atoms with Crippen molar-refractivity contribution in [2.45, 2.75) is 44.0 Å². The lowest BCUT2D eigenvalue weighted by atomic mass is 10.1. The lowest BCUT2D eigenvalue weighted by Gasteiger charge is -2.18. The molecule has 0 radical (unpaired) electrons. The highest BCUT2D eigenvalue weighted by Gasteiger charge is 2.42. The molecule has 10 heteroatoms. The van der Waals surface area contributed by atoms with Crippen LogP contribution in [0.3, 0.4) is 0 Å². The highest BCUT2D eigenvalue weighted by atomic mass is 32.2. The van der Waals surface area contributed by atoms with Crippen LogP contribution in [0.2, 0.25) is 0 Å². The van der Waals surface area contributed by atoms with Gasteiger partial charge < -0.3 is 5.32 Å². The van der Waals surface area contributed by atoms with E-state index in [1.54, 1.807) is 13.8 Å². The molecular weight excluding hydrogens is 386 g/mol. The molecule has 9 nitrogen and oxygen atoms in total. The number of benzene rings is 1. The van der Waals surface area contributed by atoms with Gasteiger partial charge in [-0.05, 0) is 38.5 Å². The maximum Gasteiger partial charge on any atom is 0.269 e. The molecule has 150 valence electrons. The highest BCUT2D eigenvalue weighted by Crippen LogP contribution is 2.32. The van der Waals surface area contributed by atoms with Gasteiger partial charge in [0.15, 0.2) is 0 Å². The van der Waals surface area contributed by atoms with Crippen LogP contribution < -0.4 is 5.32 Å². The largest absolute Gasteiger partial charge is 0.352 e. The number of carbonyl (C=O) groups excluding carboxylic acids is 4. The van der Waals surface area contributed by atoms with Crippen LogP contribution in [0.1, 0.15) is 53.8 Å². The predicted octanol–water partition coefficient (Wildman–Crippen LogP) is 0.508. The molecule has 2 heterocycles. The first-order valence-corrected chi connectivity index (χ1v) is 10.4. The standard InChI is InChI=1S/C18H21N3O6S/c1-11(2)21-18(25)13-5-4-12(10-14(13)28(21,26)27)17(24)19-8-3-9-20-15(22)6-7-16(20)23/h4-5,10-11H,3,6-9H2,1-2H3,(H,19,24). The lowest BCUT2D eigenvalue weighted by Crippen LogP contribution is -2.36. The molecule has 0 aliphatic carbocycles. The van der Waals surface area contributed by atoms with Crippen LogP contribution in [0.5, 0.6) is 0 Å². The topological polar surface area (TPSA) is 121 Å². The quantitative estimate of drug-likeness (QED) is 0.542. The molecular formula is C18H21N3O6S. The third kappa shape index (κ3) is 3.39. The minimum absolute atomic E-state index is 0.0521. The molecule has 28 heavy (non-hydrogen) atoms. The molecule has 3 rings (SSSR count). The van der Waals surface area contributed by atoms with Gasteiger partial charge in [-0.3, -0.25) is 24.1 Å². The summed E-state index contributed by atoms with van der Waals surface area (Å²) in [6.07, 6.45) is 0.841. The number of amides is 4. The average Bonchev–Trinajstić information content (AvgIpc) is 3.05. The molecule has 1 N–H and O–H groups in total. The number of hydrogen-bond donors (Lipinski definition) is 1. The number of hydrogen-bond acceptors (Lipinski definition) is 6. The van der Waals surface area contributed by atoms with Crippen LogP contribution in [0, 0.1) is 0 Å². The number of rotatable bonds is 6. The number of nitrogens with one attached hydrogen (secondary N) is 1. The summed E-state index contributed by atoms with van der Waals surface area (Å²) in [7, 11) is -3.98. The summed E-state index contributed by atoms with van der Waals surface area (Å²) in [4.78, 5) is 48.7. The van der Waals surface area contributed by atoms with Gasteiger partial charge in [0.05, 0.1) is 5.56 Å². The number of sulfonamides is 1. The van der Waals surface area contributed by atoms with Crippen LogP contribution in [0.15, 0.2) is 23.1 Å². The number of likely N-dealkylation sites (tertiary alicyclic amines) is 1. The number of nitrogens with zero attached hydrogens (tertiary/aromatic N) is 2. The normalized spacial score (nSPS) is 18.2. The summed E-state index contributed by atoms with van der Waals surface area (Å²) in [6.45, 7) is 3.65. The van der Waals surface area contributed by atoms with Crippen molar-refractivity contribution in [1.82, 2.24) is 14.5 Å². The molecule has 0 unspecified atom stereocenters. The first kappa shape index (κ1) is 20.0. The van der Waals surface area contributed by atoms with E-state index in [0.29, 0.717) is 6.42 Å². The van der Waals surface area contributed by atoms with Crippen LogP contribution in [0.25, 0.3) is 0 Å². The molecule has 2 aliphatic rings. The van der Waals surface area contributed by atoms with Gasteiger partial charge in [0.2, 0.25) is 11.8 Å². The zero-order chi connectivity index (χ0) is 20.6. The maximum absolute atomic E-state index is 12.6. The van der Waals surface area contributed by atoms with E-state index in [4.69, 9.17) is 0 Å². The molecule has 0 saturated carbocycles. The highest BCUT2D eigenvalue weighted by molar-refractivity contribution is 7.90. The Hall–Kier alpha value is -2.75.